The summed E-state index contributed by atoms with van der Waals surface area (Å²) in [6, 6.07) is 2.74. The highest BCUT2D eigenvalue weighted by Crippen LogP contribution is 2.38. The number of hydrogen-bond donors (Lipinski definition) is 2. The van der Waals surface area contributed by atoms with Gasteiger partial charge >= 0.3 is 0 Å². The van der Waals surface area contributed by atoms with E-state index in [2.05, 4.69) is 20.3 Å². The van der Waals surface area contributed by atoms with Crippen molar-refractivity contribution < 1.29 is 23.0 Å². The van der Waals surface area contributed by atoms with Gasteiger partial charge in [0.05, 0.1) is 25.5 Å². The van der Waals surface area contributed by atoms with Crippen LogP contribution in [-0.2, 0) is 4.74 Å². The number of nitrogens with one attached hydrogen (secondary N) is 1. The minimum Gasteiger partial charge on any atom is -0.494 e. The Balaban J connectivity index is 1.91. The molecule has 4 rings (SSSR count). The van der Waals surface area contributed by atoms with Crippen LogP contribution in [0.1, 0.15) is 12.8 Å². The average Bonchev–Trinajstić information content (AvgIpc) is 2.75. The lowest BCUT2D eigenvalue weighted by atomic mass is 10.1. The maximum atomic E-state index is 15.0. The molecule has 1 aliphatic rings. The number of ether oxygens (including phenoxy) is 3. The Bertz CT molecular complexity index is 1060. The number of fused-ring (bicyclic) bond motifs is 1. The molecular formula is C20H21F2N5O3. The third kappa shape index (κ3) is 3.65. The second-order valence-corrected chi connectivity index (χ2v) is 6.84. The number of nitrogens with two attached hydrogens (primary N) is 1. The molecule has 1 aliphatic heterocycles. The molecule has 0 bridgehead atoms. The van der Waals surface area contributed by atoms with Gasteiger partial charge in [0.1, 0.15) is 5.52 Å². The van der Waals surface area contributed by atoms with Gasteiger partial charge in [-0.05, 0) is 18.9 Å². The molecule has 0 saturated carbocycles. The molecular weight excluding hydrogens is 396 g/mol. The number of halogens is 2. The van der Waals surface area contributed by atoms with Gasteiger partial charge in [0.2, 0.25) is 5.95 Å². The number of rotatable bonds is 5. The van der Waals surface area contributed by atoms with Crippen molar-refractivity contribution >= 4 is 22.7 Å². The summed E-state index contributed by atoms with van der Waals surface area (Å²) in [5.41, 5.74) is 5.91. The molecule has 0 aliphatic carbocycles. The smallest absolute Gasteiger partial charge is 0.220 e. The van der Waals surface area contributed by atoms with Gasteiger partial charge in [-0.25, -0.2) is 23.7 Å². The fourth-order valence-electron chi connectivity index (χ4n) is 3.43. The molecule has 0 atom stereocenters. The van der Waals surface area contributed by atoms with Crippen LogP contribution in [0.25, 0.3) is 22.2 Å². The average molecular weight is 417 g/mol. The summed E-state index contributed by atoms with van der Waals surface area (Å²) in [6.07, 6.45) is 3.03. The third-order valence-corrected chi connectivity index (χ3v) is 4.98. The van der Waals surface area contributed by atoms with Gasteiger partial charge in [-0.2, -0.15) is 0 Å². The third-order valence-electron chi connectivity index (χ3n) is 4.98. The topological polar surface area (TPSA) is 104 Å². The Morgan fingerprint density at radius 2 is 1.73 bits per heavy atom. The quantitative estimate of drug-likeness (QED) is 0.652. The van der Waals surface area contributed by atoms with Gasteiger partial charge in [0.15, 0.2) is 29.0 Å². The van der Waals surface area contributed by atoms with Gasteiger partial charge in [-0.3, -0.25) is 0 Å². The Morgan fingerprint density at radius 3 is 2.37 bits per heavy atom. The standard InChI is InChI=1S/C20H21F2N5O3/c1-28-13-8-14(29-2)17(22)15(16(13)21)12-7-10-9-24-20(23)27-18(10)19(26-12)25-11-3-5-30-6-4-11/h7-9,11H,3-6H2,1-2H3,(H,25,26)(H2,23,24,27). The van der Waals surface area contributed by atoms with Crippen molar-refractivity contribution in [2.24, 2.45) is 0 Å². The summed E-state index contributed by atoms with van der Waals surface area (Å²) in [6.45, 7) is 1.23. The minimum absolute atomic E-state index is 0.0534. The summed E-state index contributed by atoms with van der Waals surface area (Å²) in [5, 5.41) is 3.84. The molecule has 1 aromatic carbocycles. The van der Waals surface area contributed by atoms with Crippen molar-refractivity contribution in [3.63, 3.8) is 0 Å². The van der Waals surface area contributed by atoms with Gasteiger partial charge in [0.25, 0.3) is 0 Å². The van der Waals surface area contributed by atoms with Crippen molar-refractivity contribution in [3.8, 4) is 22.8 Å². The van der Waals surface area contributed by atoms with Crippen LogP contribution in [0.5, 0.6) is 11.5 Å². The molecule has 0 unspecified atom stereocenters. The zero-order valence-electron chi connectivity index (χ0n) is 16.5. The van der Waals surface area contributed by atoms with E-state index in [1.54, 1.807) is 0 Å². The maximum absolute atomic E-state index is 15.0. The van der Waals surface area contributed by atoms with E-state index in [1.165, 1.54) is 26.5 Å². The highest BCUT2D eigenvalue weighted by molar-refractivity contribution is 5.92. The van der Waals surface area contributed by atoms with Crippen LogP contribution >= 0.6 is 0 Å². The van der Waals surface area contributed by atoms with Crippen LogP contribution in [0.4, 0.5) is 20.5 Å². The molecule has 0 radical (unpaired) electrons. The largest absolute Gasteiger partial charge is 0.494 e. The Kier molecular flexibility index (Phi) is 5.49. The first kappa shape index (κ1) is 20.0. The first-order valence-electron chi connectivity index (χ1n) is 9.39. The molecule has 3 aromatic rings. The molecule has 1 fully saturated rings. The van der Waals surface area contributed by atoms with Crippen LogP contribution in [0, 0.1) is 11.6 Å². The van der Waals surface area contributed by atoms with Crippen molar-refractivity contribution in [1.29, 1.82) is 0 Å². The molecule has 8 nitrogen and oxygen atoms in total. The van der Waals surface area contributed by atoms with E-state index in [1.807, 2.05) is 0 Å². The van der Waals surface area contributed by atoms with Crippen molar-refractivity contribution in [3.05, 3.63) is 30.0 Å². The number of nitrogens with zero attached hydrogens (tertiary/aromatic N) is 3. The van der Waals surface area contributed by atoms with Crippen LogP contribution in [0.15, 0.2) is 18.3 Å². The van der Waals surface area contributed by atoms with Gasteiger partial charge in [-0.1, -0.05) is 0 Å². The fourth-order valence-corrected chi connectivity index (χ4v) is 3.43. The first-order valence-corrected chi connectivity index (χ1v) is 9.39. The number of hydrogen-bond acceptors (Lipinski definition) is 8. The van der Waals surface area contributed by atoms with E-state index in [9.17, 15) is 0 Å². The number of nitrogen functional groups attached to an aromatic ring is 1. The molecule has 3 N–H and O–H groups in total. The predicted octanol–water partition coefficient (Wildman–Crippen LogP) is 3.16. The normalized spacial score (nSPS) is 14.7. The van der Waals surface area contributed by atoms with E-state index >= 15 is 8.78 Å². The molecule has 30 heavy (non-hydrogen) atoms. The van der Waals surface area contributed by atoms with Crippen molar-refractivity contribution in [1.82, 2.24) is 15.0 Å². The lowest BCUT2D eigenvalue weighted by Gasteiger charge is -2.24. The van der Waals surface area contributed by atoms with Gasteiger partial charge in [0, 0.05) is 36.9 Å². The van der Waals surface area contributed by atoms with Crippen LogP contribution in [-0.4, -0.2) is 48.4 Å². The van der Waals surface area contributed by atoms with Crippen LogP contribution in [0.2, 0.25) is 0 Å². The van der Waals surface area contributed by atoms with E-state index in [0.29, 0.717) is 29.9 Å². The minimum atomic E-state index is -0.879. The van der Waals surface area contributed by atoms with Crippen LogP contribution < -0.4 is 20.5 Å². The molecule has 0 spiro atoms. The summed E-state index contributed by atoms with van der Waals surface area (Å²) in [4.78, 5) is 12.7. The Morgan fingerprint density at radius 1 is 1.07 bits per heavy atom. The Labute approximate surface area is 171 Å². The lowest BCUT2D eigenvalue weighted by molar-refractivity contribution is 0.0904. The first-order chi connectivity index (χ1) is 14.5. The van der Waals surface area contributed by atoms with Crippen LogP contribution in [0.3, 0.4) is 0 Å². The predicted molar refractivity (Wildman–Crippen MR) is 108 cm³/mol. The zero-order valence-corrected chi connectivity index (χ0v) is 16.5. The highest BCUT2D eigenvalue weighted by Gasteiger charge is 2.24. The monoisotopic (exact) mass is 417 g/mol. The van der Waals surface area contributed by atoms with Crippen molar-refractivity contribution in [2.45, 2.75) is 18.9 Å². The Hall–Kier alpha value is -3.27. The van der Waals surface area contributed by atoms with Gasteiger partial charge < -0.3 is 25.3 Å². The van der Waals surface area contributed by atoms with E-state index in [-0.39, 0.29) is 34.7 Å². The zero-order chi connectivity index (χ0) is 21.3. The fraction of sp³-hybridized carbons (Fsp3) is 0.350. The number of anilines is 2. The number of aromatic nitrogens is 3. The molecule has 2 aromatic heterocycles. The number of pyridine rings is 1. The van der Waals surface area contributed by atoms with E-state index in [4.69, 9.17) is 19.9 Å². The number of benzene rings is 1. The van der Waals surface area contributed by atoms with E-state index in [0.717, 1.165) is 18.9 Å². The van der Waals surface area contributed by atoms with E-state index < -0.39 is 11.6 Å². The van der Waals surface area contributed by atoms with Gasteiger partial charge in [-0.15, -0.1) is 0 Å². The molecule has 1 saturated heterocycles. The lowest BCUT2D eigenvalue weighted by Crippen LogP contribution is -2.28. The second kappa shape index (κ2) is 8.23. The highest BCUT2D eigenvalue weighted by atomic mass is 19.1. The molecule has 10 heteroatoms. The van der Waals surface area contributed by atoms with Crippen molar-refractivity contribution in [2.75, 3.05) is 38.5 Å². The summed E-state index contributed by atoms with van der Waals surface area (Å²) < 4.78 is 45.5. The molecule has 158 valence electrons. The molecule has 0 amide bonds. The maximum Gasteiger partial charge on any atom is 0.220 e. The summed E-state index contributed by atoms with van der Waals surface area (Å²) >= 11 is 0. The summed E-state index contributed by atoms with van der Waals surface area (Å²) in [5.74, 6) is -1.63. The number of methoxy groups -OCH3 is 2. The second-order valence-electron chi connectivity index (χ2n) is 6.84. The SMILES string of the molecule is COc1cc(OC)c(F)c(-c2cc3cnc(N)nc3c(NC3CCOCC3)n2)c1F. The molecule has 3 heterocycles. The summed E-state index contributed by atoms with van der Waals surface area (Å²) in [7, 11) is 2.59.